The Bertz CT molecular complexity index is 376. The van der Waals surface area contributed by atoms with Gasteiger partial charge in [-0.3, -0.25) is 4.90 Å². The van der Waals surface area contributed by atoms with E-state index in [0.29, 0.717) is 6.04 Å². The van der Waals surface area contributed by atoms with Gasteiger partial charge in [0.25, 0.3) is 0 Å². The zero-order valence-electron chi connectivity index (χ0n) is 11.1. The number of piperazine rings is 1. The van der Waals surface area contributed by atoms with Gasteiger partial charge in [0.2, 0.25) is 0 Å². The van der Waals surface area contributed by atoms with Crippen molar-refractivity contribution in [2.24, 2.45) is 0 Å². The molecular weight excluding hydrogens is 228 g/mol. The molecule has 1 aromatic rings. The van der Waals surface area contributed by atoms with E-state index >= 15 is 0 Å². The van der Waals surface area contributed by atoms with Crippen LogP contribution in [0, 0.1) is 0 Å². The molecule has 0 radical (unpaired) electrons. The molecule has 1 saturated heterocycles. The first kappa shape index (κ1) is 12.0. The van der Waals surface area contributed by atoms with Gasteiger partial charge in [-0.2, -0.15) is 0 Å². The van der Waals surface area contributed by atoms with Crippen LogP contribution >= 0.6 is 0 Å². The maximum absolute atomic E-state index is 4.22. The Balaban J connectivity index is 1.64. The molecule has 6 nitrogen and oxygen atoms in total. The quantitative estimate of drug-likeness (QED) is 0.783. The van der Waals surface area contributed by atoms with Crippen LogP contribution in [0.1, 0.15) is 37.5 Å². The van der Waals surface area contributed by atoms with Crippen LogP contribution in [0.15, 0.2) is 0 Å². The van der Waals surface area contributed by atoms with E-state index in [4.69, 9.17) is 0 Å². The highest BCUT2D eigenvalue weighted by Gasteiger charge is 2.23. The SMILES string of the molecule is CN1CCN(Cc2nnnn2C2CCCC2)CC1. The third-order valence-corrected chi connectivity index (χ3v) is 4.19. The third kappa shape index (κ3) is 2.54. The summed E-state index contributed by atoms with van der Waals surface area (Å²) in [6.45, 7) is 5.43. The van der Waals surface area contributed by atoms with Gasteiger partial charge in [0.15, 0.2) is 5.82 Å². The predicted octanol–water partition coefficient (Wildman–Crippen LogP) is 0.536. The van der Waals surface area contributed by atoms with Crippen molar-refractivity contribution in [1.82, 2.24) is 30.0 Å². The van der Waals surface area contributed by atoms with Gasteiger partial charge in [0.05, 0.1) is 12.6 Å². The zero-order valence-corrected chi connectivity index (χ0v) is 11.1. The third-order valence-electron chi connectivity index (χ3n) is 4.19. The van der Waals surface area contributed by atoms with Crippen molar-refractivity contribution >= 4 is 0 Å². The molecule has 0 atom stereocenters. The molecule has 0 unspecified atom stereocenters. The zero-order chi connectivity index (χ0) is 12.4. The summed E-state index contributed by atoms with van der Waals surface area (Å²) >= 11 is 0. The lowest BCUT2D eigenvalue weighted by Gasteiger charge is -2.32. The smallest absolute Gasteiger partial charge is 0.165 e. The minimum absolute atomic E-state index is 0.544. The second-order valence-corrected chi connectivity index (χ2v) is 5.56. The topological polar surface area (TPSA) is 50.1 Å². The minimum Gasteiger partial charge on any atom is -0.304 e. The lowest BCUT2D eigenvalue weighted by Crippen LogP contribution is -2.44. The molecular formula is C12H22N6. The van der Waals surface area contributed by atoms with Crippen LogP contribution < -0.4 is 0 Å². The second kappa shape index (κ2) is 5.32. The summed E-state index contributed by atoms with van der Waals surface area (Å²) in [7, 11) is 2.18. The Morgan fingerprint density at radius 3 is 2.56 bits per heavy atom. The first-order chi connectivity index (χ1) is 8.83. The summed E-state index contributed by atoms with van der Waals surface area (Å²) in [6.07, 6.45) is 5.11. The average molecular weight is 250 g/mol. The van der Waals surface area contributed by atoms with Gasteiger partial charge in [0, 0.05) is 26.2 Å². The molecule has 100 valence electrons. The fourth-order valence-corrected chi connectivity index (χ4v) is 2.95. The maximum atomic E-state index is 4.22. The van der Waals surface area contributed by atoms with Crippen molar-refractivity contribution < 1.29 is 0 Å². The van der Waals surface area contributed by atoms with Crippen LogP contribution in [-0.2, 0) is 6.54 Å². The molecule has 1 aliphatic carbocycles. The first-order valence-electron chi connectivity index (χ1n) is 7.00. The highest BCUT2D eigenvalue weighted by molar-refractivity contribution is 4.87. The van der Waals surface area contributed by atoms with E-state index in [2.05, 4.69) is 37.1 Å². The summed E-state index contributed by atoms with van der Waals surface area (Å²) in [6, 6.07) is 0.544. The summed E-state index contributed by atoms with van der Waals surface area (Å²) in [5.74, 6) is 1.05. The summed E-state index contributed by atoms with van der Waals surface area (Å²) < 4.78 is 2.07. The number of rotatable bonds is 3. The monoisotopic (exact) mass is 250 g/mol. The lowest BCUT2D eigenvalue weighted by atomic mass is 10.2. The van der Waals surface area contributed by atoms with E-state index in [1.165, 1.54) is 25.7 Å². The molecule has 2 aliphatic rings. The van der Waals surface area contributed by atoms with Crippen LogP contribution in [0.25, 0.3) is 0 Å². The van der Waals surface area contributed by atoms with Crippen LogP contribution in [0.5, 0.6) is 0 Å². The van der Waals surface area contributed by atoms with Gasteiger partial charge in [-0.1, -0.05) is 12.8 Å². The molecule has 1 saturated carbocycles. The van der Waals surface area contributed by atoms with Gasteiger partial charge in [-0.25, -0.2) is 4.68 Å². The molecule has 0 spiro atoms. The van der Waals surface area contributed by atoms with Crippen molar-refractivity contribution in [2.45, 2.75) is 38.3 Å². The van der Waals surface area contributed by atoms with Crippen molar-refractivity contribution in [2.75, 3.05) is 33.2 Å². The van der Waals surface area contributed by atoms with Crippen LogP contribution in [0.4, 0.5) is 0 Å². The van der Waals surface area contributed by atoms with Crippen LogP contribution in [0.2, 0.25) is 0 Å². The van der Waals surface area contributed by atoms with E-state index in [-0.39, 0.29) is 0 Å². The fourth-order valence-electron chi connectivity index (χ4n) is 2.95. The minimum atomic E-state index is 0.544. The van der Waals surface area contributed by atoms with Gasteiger partial charge in [-0.05, 0) is 30.3 Å². The van der Waals surface area contributed by atoms with Crippen LogP contribution in [-0.4, -0.2) is 63.2 Å². The summed E-state index contributed by atoms with van der Waals surface area (Å²) in [5.41, 5.74) is 0. The van der Waals surface area contributed by atoms with Crippen LogP contribution in [0.3, 0.4) is 0 Å². The molecule has 0 N–H and O–H groups in total. The summed E-state index contributed by atoms with van der Waals surface area (Å²) in [5, 5.41) is 12.3. The van der Waals surface area contributed by atoms with E-state index in [1.54, 1.807) is 0 Å². The normalized spacial score (nSPS) is 23.8. The number of nitrogens with zero attached hydrogens (tertiary/aromatic N) is 6. The molecule has 2 fully saturated rings. The van der Waals surface area contributed by atoms with Gasteiger partial charge >= 0.3 is 0 Å². The Hall–Kier alpha value is -1.01. The highest BCUT2D eigenvalue weighted by atomic mass is 15.6. The molecule has 2 heterocycles. The standard InChI is InChI=1S/C12H22N6/c1-16-6-8-17(9-7-16)10-12-13-14-15-18(12)11-4-2-3-5-11/h11H,2-10H2,1H3. The molecule has 18 heavy (non-hydrogen) atoms. The second-order valence-electron chi connectivity index (χ2n) is 5.56. The Kier molecular flexibility index (Phi) is 3.56. The van der Waals surface area contributed by atoms with Crippen molar-refractivity contribution in [3.05, 3.63) is 5.82 Å². The molecule has 0 amide bonds. The van der Waals surface area contributed by atoms with Gasteiger partial charge in [0.1, 0.15) is 0 Å². The maximum Gasteiger partial charge on any atom is 0.165 e. The van der Waals surface area contributed by atoms with E-state index in [1.807, 2.05) is 0 Å². The summed E-state index contributed by atoms with van der Waals surface area (Å²) in [4.78, 5) is 4.83. The van der Waals surface area contributed by atoms with Gasteiger partial charge < -0.3 is 4.90 Å². The number of tetrazole rings is 1. The molecule has 1 aromatic heterocycles. The number of aromatic nitrogens is 4. The fraction of sp³-hybridized carbons (Fsp3) is 0.917. The molecule has 1 aliphatic heterocycles. The highest BCUT2D eigenvalue weighted by Crippen LogP contribution is 2.29. The Labute approximate surface area is 108 Å². The first-order valence-corrected chi connectivity index (χ1v) is 7.00. The van der Waals surface area contributed by atoms with Gasteiger partial charge in [-0.15, -0.1) is 5.10 Å². The number of hydrogen-bond acceptors (Lipinski definition) is 5. The predicted molar refractivity (Wildman–Crippen MR) is 68.1 cm³/mol. The van der Waals surface area contributed by atoms with Crippen molar-refractivity contribution in [3.63, 3.8) is 0 Å². The Morgan fingerprint density at radius 2 is 1.83 bits per heavy atom. The van der Waals surface area contributed by atoms with E-state index in [9.17, 15) is 0 Å². The number of likely N-dealkylation sites (N-methyl/N-ethyl adjacent to an activating group) is 1. The molecule has 6 heteroatoms. The molecule has 0 aromatic carbocycles. The van der Waals surface area contributed by atoms with Crippen molar-refractivity contribution in [3.8, 4) is 0 Å². The molecule has 3 rings (SSSR count). The van der Waals surface area contributed by atoms with E-state index < -0.39 is 0 Å². The largest absolute Gasteiger partial charge is 0.304 e. The van der Waals surface area contributed by atoms with E-state index in [0.717, 1.165) is 38.5 Å². The lowest BCUT2D eigenvalue weighted by molar-refractivity contribution is 0.142. The average Bonchev–Trinajstić information content (AvgIpc) is 3.02. The molecule has 0 bridgehead atoms. The van der Waals surface area contributed by atoms with Crippen molar-refractivity contribution in [1.29, 1.82) is 0 Å². The number of hydrogen-bond donors (Lipinski definition) is 0. The Morgan fingerprint density at radius 1 is 1.11 bits per heavy atom.